The van der Waals surface area contributed by atoms with Crippen molar-refractivity contribution in [3.05, 3.63) is 70.1 Å². The van der Waals surface area contributed by atoms with Crippen molar-refractivity contribution in [2.24, 2.45) is 17.2 Å². The van der Waals surface area contributed by atoms with Crippen molar-refractivity contribution in [3.63, 3.8) is 0 Å². The Bertz CT molecular complexity index is 1210. The van der Waals surface area contributed by atoms with E-state index in [4.69, 9.17) is 27.6 Å². The van der Waals surface area contributed by atoms with E-state index in [2.05, 4.69) is 16.0 Å². The number of hydrogen-bond donors (Lipinski definition) is 8. The van der Waals surface area contributed by atoms with Gasteiger partial charge in [-0.15, -0.1) is 0 Å². The molecule has 4 atom stereocenters. The van der Waals surface area contributed by atoms with Gasteiger partial charge in [-0.2, -0.15) is 0 Å². The second-order valence-corrected chi connectivity index (χ2v) is 9.93. The Labute approximate surface area is 248 Å². The first-order valence-corrected chi connectivity index (χ1v) is 13.5. The Morgan fingerprint density at radius 1 is 0.767 bits per heavy atom. The summed E-state index contributed by atoms with van der Waals surface area (Å²) < 4.78 is 0. The predicted molar refractivity (Wildman–Crippen MR) is 157 cm³/mol. The van der Waals surface area contributed by atoms with Crippen LogP contribution >= 0.6 is 0 Å². The minimum Gasteiger partial charge on any atom is -0.733 e. The number of anilines is 2. The van der Waals surface area contributed by atoms with Crippen LogP contribution in [0, 0.1) is 10.4 Å². The van der Waals surface area contributed by atoms with Gasteiger partial charge < -0.3 is 54.0 Å². The molecule has 0 spiro atoms. The van der Waals surface area contributed by atoms with E-state index in [-0.39, 0.29) is 34.7 Å². The van der Waals surface area contributed by atoms with E-state index >= 15 is 0 Å². The normalized spacial score (nSPS) is 13.7. The van der Waals surface area contributed by atoms with Crippen LogP contribution in [0.1, 0.15) is 37.3 Å². The molecule has 16 heteroatoms. The molecule has 0 bridgehead atoms. The third kappa shape index (κ3) is 11.5. The molecule has 0 aromatic heterocycles. The maximum absolute atomic E-state index is 13.3. The topological polar surface area (TPSA) is 275 Å². The smallest absolute Gasteiger partial charge is 0.243 e. The number of unbranched alkanes of at least 4 members (excludes halogenated alkanes) is 1. The van der Waals surface area contributed by atoms with Crippen molar-refractivity contribution in [2.45, 2.75) is 63.2 Å². The van der Waals surface area contributed by atoms with Crippen LogP contribution in [0.3, 0.4) is 0 Å². The number of carbonyl (C=O) groups excluding carboxylic acids is 4. The summed E-state index contributed by atoms with van der Waals surface area (Å²) >= 11 is 0. The number of amides is 4. The molecule has 2 aromatic carbocycles. The highest BCUT2D eigenvalue weighted by molar-refractivity contribution is 5.94. The number of primary amides is 1. The summed E-state index contributed by atoms with van der Waals surface area (Å²) in [4.78, 5) is 50.9. The second kappa shape index (κ2) is 17.0. The van der Waals surface area contributed by atoms with Crippen LogP contribution in [0.25, 0.3) is 0 Å². The molecule has 2 rings (SSSR count). The third-order valence-electron chi connectivity index (χ3n) is 6.55. The molecule has 0 aliphatic heterocycles. The van der Waals surface area contributed by atoms with Crippen molar-refractivity contribution < 1.29 is 29.6 Å². The maximum Gasteiger partial charge on any atom is 0.243 e. The number of nitrogens with two attached hydrogens (primary N) is 3. The molecule has 0 saturated heterocycles. The highest BCUT2D eigenvalue weighted by atomic mass is 16.8. The minimum atomic E-state index is -1.18. The molecule has 4 unspecified atom stereocenters. The monoisotopic (exact) mass is 602 g/mol. The minimum absolute atomic E-state index is 0.0301. The molecule has 4 amide bonds. The van der Waals surface area contributed by atoms with Gasteiger partial charge in [0.15, 0.2) is 0 Å². The lowest BCUT2D eigenvalue weighted by Crippen LogP contribution is -2.57. The van der Waals surface area contributed by atoms with Gasteiger partial charge in [0.2, 0.25) is 23.6 Å². The number of benzene rings is 2. The summed E-state index contributed by atoms with van der Waals surface area (Å²) in [7, 11) is 0. The van der Waals surface area contributed by atoms with Crippen LogP contribution in [0.15, 0.2) is 48.5 Å². The van der Waals surface area contributed by atoms with Crippen LogP contribution in [0.5, 0.6) is 0 Å². The zero-order valence-corrected chi connectivity index (χ0v) is 23.6. The van der Waals surface area contributed by atoms with Crippen molar-refractivity contribution in [2.75, 3.05) is 17.0 Å². The van der Waals surface area contributed by atoms with E-state index in [9.17, 15) is 29.6 Å². The van der Waals surface area contributed by atoms with Gasteiger partial charge in [0.25, 0.3) is 0 Å². The highest BCUT2D eigenvalue weighted by Crippen LogP contribution is 2.15. The maximum atomic E-state index is 13.3. The third-order valence-corrected chi connectivity index (χ3v) is 6.55. The van der Waals surface area contributed by atoms with Crippen LogP contribution < -0.4 is 43.6 Å². The Hall–Kier alpha value is -4.32. The Morgan fingerprint density at radius 2 is 1.23 bits per heavy atom. The Balaban J connectivity index is 2.11. The summed E-state index contributed by atoms with van der Waals surface area (Å²) in [6.07, 6.45) is 1.55. The molecule has 0 heterocycles. The van der Waals surface area contributed by atoms with Crippen LogP contribution in [0.4, 0.5) is 11.4 Å². The molecule has 0 aliphatic carbocycles. The lowest BCUT2D eigenvalue weighted by molar-refractivity contribution is -0.133. The number of hydrogen-bond acceptors (Lipinski definition) is 12. The average Bonchev–Trinajstić information content (AvgIpc) is 2.96. The van der Waals surface area contributed by atoms with Gasteiger partial charge in [-0.3, -0.25) is 29.6 Å². The standard InChI is InChI=1S/C27H38N8O8/c1-16(25(37)32-22(24(30)36)14-17-5-9-19(10-6-17)34(40)41)31-27(39)23(33-26(38)21(29)4-2-3-13-28)15-18-7-11-20(12-8-18)35(42)43/h5-12,16,21-23,40,42H,2-4,13-15,28-29H2,1H3,(H2,30,36)(H,31,39)(H,32,37)(H,33,38)/q-2. The van der Waals surface area contributed by atoms with Gasteiger partial charge in [-0.25, -0.2) is 0 Å². The zero-order chi connectivity index (χ0) is 32.1. The highest BCUT2D eigenvalue weighted by Gasteiger charge is 2.28. The Morgan fingerprint density at radius 3 is 1.67 bits per heavy atom. The van der Waals surface area contributed by atoms with E-state index in [1.54, 1.807) is 0 Å². The van der Waals surface area contributed by atoms with Gasteiger partial charge in [0.05, 0.1) is 17.4 Å². The van der Waals surface area contributed by atoms with Gasteiger partial charge in [0.1, 0.15) is 18.1 Å². The van der Waals surface area contributed by atoms with Gasteiger partial charge in [-0.05, 0) is 61.7 Å². The first kappa shape index (κ1) is 34.9. The van der Waals surface area contributed by atoms with Crippen molar-refractivity contribution in [3.8, 4) is 0 Å². The first-order valence-electron chi connectivity index (χ1n) is 13.5. The van der Waals surface area contributed by atoms with Crippen LogP contribution in [-0.2, 0) is 32.0 Å². The zero-order valence-electron chi connectivity index (χ0n) is 23.6. The number of nitrogens with zero attached hydrogens (tertiary/aromatic N) is 2. The number of carbonyl (C=O) groups is 4. The second-order valence-electron chi connectivity index (χ2n) is 9.93. The quantitative estimate of drug-likeness (QED) is 0.0822. The van der Waals surface area contributed by atoms with Gasteiger partial charge in [0, 0.05) is 12.8 Å². The fourth-order valence-electron chi connectivity index (χ4n) is 4.02. The summed E-state index contributed by atoms with van der Waals surface area (Å²) in [5.41, 5.74) is 17.9. The fraction of sp³-hybridized carbons (Fsp3) is 0.407. The molecule has 0 fully saturated rings. The molecular weight excluding hydrogens is 564 g/mol. The average molecular weight is 603 g/mol. The largest absolute Gasteiger partial charge is 0.733 e. The molecule has 236 valence electrons. The van der Waals surface area contributed by atoms with E-state index in [0.717, 1.165) is 0 Å². The predicted octanol–water partition coefficient (Wildman–Crippen LogP) is -0.725. The molecule has 2 aromatic rings. The molecular formula is C27H38N8O8-2. The summed E-state index contributed by atoms with van der Waals surface area (Å²) in [6.45, 7) is 1.82. The van der Waals surface area contributed by atoms with E-state index in [1.807, 2.05) is 0 Å². The van der Waals surface area contributed by atoms with Gasteiger partial charge >= 0.3 is 0 Å². The molecule has 11 N–H and O–H groups in total. The lowest BCUT2D eigenvalue weighted by Gasteiger charge is -2.25. The molecule has 0 aliphatic rings. The van der Waals surface area contributed by atoms with Crippen molar-refractivity contribution >= 4 is 35.0 Å². The molecule has 0 saturated carbocycles. The first-order chi connectivity index (χ1) is 20.3. The number of rotatable bonds is 17. The molecule has 16 nitrogen and oxygen atoms in total. The van der Waals surface area contributed by atoms with Crippen LogP contribution in [0.2, 0.25) is 0 Å². The number of nitrogens with one attached hydrogen (secondary N) is 3. The SMILES string of the molecule is CC(NC(=O)C(Cc1ccc(N([O-])O)cc1)NC(=O)C(N)CCCCN)C(=O)NC(Cc1ccc(N([O-])O)cc1)C(N)=O. The lowest BCUT2D eigenvalue weighted by atomic mass is 10.0. The fourth-order valence-corrected chi connectivity index (χ4v) is 4.02. The molecule has 43 heavy (non-hydrogen) atoms. The van der Waals surface area contributed by atoms with Crippen molar-refractivity contribution in [1.82, 2.24) is 16.0 Å². The van der Waals surface area contributed by atoms with Gasteiger partial charge in [-0.1, -0.05) is 30.7 Å². The summed E-state index contributed by atoms with van der Waals surface area (Å²) in [5, 5.41) is 47.1. The summed E-state index contributed by atoms with van der Waals surface area (Å²) in [5.74, 6) is -2.89. The van der Waals surface area contributed by atoms with E-state index < -0.39 is 47.8 Å². The van der Waals surface area contributed by atoms with E-state index in [0.29, 0.717) is 36.9 Å². The molecule has 0 radical (unpaired) electrons. The van der Waals surface area contributed by atoms with E-state index in [1.165, 1.54) is 55.5 Å². The summed E-state index contributed by atoms with van der Waals surface area (Å²) in [6, 6.07) is 6.79. The van der Waals surface area contributed by atoms with Crippen LogP contribution in [-0.4, -0.2) is 64.8 Å². The Kier molecular flexibility index (Phi) is 13.8. The van der Waals surface area contributed by atoms with Crippen molar-refractivity contribution in [1.29, 1.82) is 0 Å².